The van der Waals surface area contributed by atoms with Crippen molar-refractivity contribution in [2.24, 2.45) is 5.10 Å². The number of amides is 1. The zero-order chi connectivity index (χ0) is 15.8. The summed E-state index contributed by atoms with van der Waals surface area (Å²) in [6, 6.07) is 7.35. The van der Waals surface area contributed by atoms with Crippen molar-refractivity contribution in [2.45, 2.75) is 25.9 Å². The maximum Gasteiger partial charge on any atom is 0.221 e. The second-order valence-corrected chi connectivity index (χ2v) is 5.43. The van der Waals surface area contributed by atoms with Crippen molar-refractivity contribution in [3.63, 3.8) is 0 Å². The summed E-state index contributed by atoms with van der Waals surface area (Å²) < 4.78 is 5.50. The Labute approximate surface area is 135 Å². The number of carbonyl (C=O) groups excluding carboxylic acids is 1. The van der Waals surface area contributed by atoms with E-state index >= 15 is 0 Å². The Morgan fingerprint density at radius 1 is 1.45 bits per heavy atom. The first-order chi connectivity index (χ1) is 10.6. The summed E-state index contributed by atoms with van der Waals surface area (Å²) in [5.74, 6) is -0.0919. The van der Waals surface area contributed by atoms with Crippen LogP contribution in [0.25, 0.3) is 0 Å². The molecule has 22 heavy (non-hydrogen) atoms. The average Bonchev–Trinajstić information content (AvgIpc) is 3.00. The summed E-state index contributed by atoms with van der Waals surface area (Å²) in [5.41, 5.74) is 4.43. The minimum absolute atomic E-state index is 0.0919. The number of hydrazone groups is 1. The molecule has 1 amide bonds. The number of carbonyl (C=O) groups is 1. The molecule has 0 bridgehead atoms. The molecule has 6 nitrogen and oxygen atoms in total. The monoisotopic (exact) mass is 320 g/mol. The summed E-state index contributed by atoms with van der Waals surface area (Å²) >= 11 is 5.13. The van der Waals surface area contributed by atoms with Gasteiger partial charge < -0.3 is 15.4 Å². The summed E-state index contributed by atoms with van der Waals surface area (Å²) in [4.78, 5) is 10.9. The third kappa shape index (κ3) is 5.79. The topological polar surface area (TPSA) is 74.8 Å². The van der Waals surface area contributed by atoms with Crippen LogP contribution in [0.1, 0.15) is 25.3 Å². The van der Waals surface area contributed by atoms with E-state index in [1.54, 1.807) is 6.21 Å². The van der Waals surface area contributed by atoms with Crippen LogP contribution in [0, 0.1) is 0 Å². The molecule has 1 aliphatic heterocycles. The predicted octanol–water partition coefficient (Wildman–Crippen LogP) is 1.62. The summed E-state index contributed by atoms with van der Waals surface area (Å²) in [6.07, 6.45) is 4.08. The number of hydrogen-bond acceptors (Lipinski definition) is 4. The van der Waals surface area contributed by atoms with Crippen molar-refractivity contribution in [3.8, 4) is 0 Å². The molecule has 1 atom stereocenters. The van der Waals surface area contributed by atoms with Gasteiger partial charge in [-0.3, -0.25) is 10.2 Å². The first-order valence-electron chi connectivity index (χ1n) is 7.19. The van der Waals surface area contributed by atoms with E-state index in [-0.39, 0.29) is 12.0 Å². The standard InChI is InChI=1S/C15H20N4O2S/c1-11(20)18-13-6-4-12(5-7-13)9-17-19-15(22)16-10-14-3-2-8-21-14/h4-7,9,14H,2-3,8,10H2,1H3,(H,18,20)(H2,16,19,22)/b17-9+. The van der Waals surface area contributed by atoms with Crippen LogP contribution in [0.3, 0.4) is 0 Å². The molecule has 1 unspecified atom stereocenters. The van der Waals surface area contributed by atoms with Gasteiger partial charge in [-0.25, -0.2) is 0 Å². The molecule has 118 valence electrons. The maximum atomic E-state index is 10.9. The molecule has 1 aliphatic rings. The quantitative estimate of drug-likeness (QED) is 0.437. The van der Waals surface area contributed by atoms with E-state index in [0.29, 0.717) is 11.7 Å². The number of anilines is 1. The predicted molar refractivity (Wildman–Crippen MR) is 91.1 cm³/mol. The van der Waals surface area contributed by atoms with Crippen LogP contribution < -0.4 is 16.1 Å². The molecular weight excluding hydrogens is 300 g/mol. The van der Waals surface area contributed by atoms with E-state index in [0.717, 1.165) is 30.7 Å². The van der Waals surface area contributed by atoms with Gasteiger partial charge in [-0.2, -0.15) is 5.10 Å². The minimum Gasteiger partial charge on any atom is -0.376 e. The Balaban J connectivity index is 1.71. The van der Waals surface area contributed by atoms with Gasteiger partial charge in [-0.15, -0.1) is 0 Å². The van der Waals surface area contributed by atoms with Crippen molar-refractivity contribution in [3.05, 3.63) is 29.8 Å². The molecule has 0 radical (unpaired) electrons. The van der Waals surface area contributed by atoms with Crippen LogP contribution in [0.4, 0.5) is 5.69 Å². The summed E-state index contributed by atoms with van der Waals surface area (Å²) in [7, 11) is 0. The largest absolute Gasteiger partial charge is 0.376 e. The Bertz CT molecular complexity index is 539. The number of benzene rings is 1. The fourth-order valence-electron chi connectivity index (χ4n) is 2.07. The summed E-state index contributed by atoms with van der Waals surface area (Å²) in [6.45, 7) is 3.01. The smallest absolute Gasteiger partial charge is 0.221 e. The normalized spacial score (nSPS) is 17.4. The molecule has 1 saturated heterocycles. The average molecular weight is 320 g/mol. The second kappa shape index (κ2) is 8.45. The van der Waals surface area contributed by atoms with E-state index in [1.807, 2.05) is 24.3 Å². The van der Waals surface area contributed by atoms with Crippen molar-refractivity contribution < 1.29 is 9.53 Å². The Morgan fingerprint density at radius 3 is 2.86 bits per heavy atom. The second-order valence-electron chi connectivity index (χ2n) is 5.02. The minimum atomic E-state index is -0.0919. The summed E-state index contributed by atoms with van der Waals surface area (Å²) in [5, 5.41) is 10.3. The van der Waals surface area contributed by atoms with Crippen LogP contribution >= 0.6 is 12.2 Å². The van der Waals surface area contributed by atoms with Gasteiger partial charge in [0.05, 0.1) is 12.3 Å². The number of hydrogen-bond donors (Lipinski definition) is 3. The Hall–Kier alpha value is -1.99. The van der Waals surface area contributed by atoms with Gasteiger partial charge in [-0.05, 0) is 42.8 Å². The zero-order valence-corrected chi connectivity index (χ0v) is 13.3. The van der Waals surface area contributed by atoms with Crippen molar-refractivity contribution in [1.29, 1.82) is 0 Å². The molecule has 0 aliphatic carbocycles. The molecule has 2 rings (SSSR count). The number of thiocarbonyl (C=S) groups is 1. The van der Waals surface area contributed by atoms with E-state index < -0.39 is 0 Å². The Kier molecular flexibility index (Phi) is 6.29. The molecule has 1 aromatic carbocycles. The molecule has 0 aromatic heterocycles. The third-order valence-electron chi connectivity index (χ3n) is 3.13. The van der Waals surface area contributed by atoms with Gasteiger partial charge in [0, 0.05) is 25.8 Å². The molecule has 0 saturated carbocycles. The lowest BCUT2D eigenvalue weighted by molar-refractivity contribution is -0.114. The molecule has 0 spiro atoms. The number of nitrogens with zero attached hydrogens (tertiary/aromatic N) is 1. The lowest BCUT2D eigenvalue weighted by Gasteiger charge is -2.11. The molecule has 7 heteroatoms. The highest BCUT2D eigenvalue weighted by Crippen LogP contribution is 2.10. The molecule has 1 fully saturated rings. The fraction of sp³-hybridized carbons (Fsp3) is 0.400. The lowest BCUT2D eigenvalue weighted by atomic mass is 10.2. The molecule has 3 N–H and O–H groups in total. The SMILES string of the molecule is CC(=O)Nc1ccc(/C=N/NC(=S)NCC2CCCO2)cc1. The van der Waals surface area contributed by atoms with Crippen molar-refractivity contribution in [1.82, 2.24) is 10.7 Å². The first-order valence-corrected chi connectivity index (χ1v) is 7.60. The highest BCUT2D eigenvalue weighted by molar-refractivity contribution is 7.80. The zero-order valence-electron chi connectivity index (χ0n) is 12.5. The van der Waals surface area contributed by atoms with Crippen LogP contribution in [-0.2, 0) is 9.53 Å². The van der Waals surface area contributed by atoms with Gasteiger partial charge in [0.1, 0.15) is 0 Å². The van der Waals surface area contributed by atoms with Gasteiger partial charge >= 0.3 is 0 Å². The van der Waals surface area contributed by atoms with Crippen molar-refractivity contribution >= 4 is 35.1 Å². The highest BCUT2D eigenvalue weighted by atomic mass is 32.1. The van der Waals surface area contributed by atoms with Gasteiger partial charge in [0.2, 0.25) is 5.91 Å². The number of rotatable bonds is 5. The lowest BCUT2D eigenvalue weighted by Crippen LogP contribution is -2.37. The molecule has 1 heterocycles. The first kappa shape index (κ1) is 16.4. The van der Waals surface area contributed by atoms with E-state index in [9.17, 15) is 4.79 Å². The van der Waals surface area contributed by atoms with Crippen LogP contribution in [0.2, 0.25) is 0 Å². The maximum absolute atomic E-state index is 10.9. The van der Waals surface area contributed by atoms with Gasteiger partial charge in [0.25, 0.3) is 0 Å². The van der Waals surface area contributed by atoms with Crippen LogP contribution in [0.15, 0.2) is 29.4 Å². The van der Waals surface area contributed by atoms with Gasteiger partial charge in [-0.1, -0.05) is 12.1 Å². The Morgan fingerprint density at radius 2 is 2.23 bits per heavy atom. The third-order valence-corrected chi connectivity index (χ3v) is 3.36. The van der Waals surface area contributed by atoms with E-state index in [1.165, 1.54) is 6.92 Å². The number of ether oxygens (including phenoxy) is 1. The van der Waals surface area contributed by atoms with Crippen LogP contribution in [0.5, 0.6) is 0 Å². The number of nitrogens with one attached hydrogen (secondary N) is 3. The van der Waals surface area contributed by atoms with Crippen LogP contribution in [-0.4, -0.2) is 36.5 Å². The van der Waals surface area contributed by atoms with Crippen molar-refractivity contribution in [2.75, 3.05) is 18.5 Å². The van der Waals surface area contributed by atoms with E-state index in [2.05, 4.69) is 21.2 Å². The van der Waals surface area contributed by atoms with E-state index in [4.69, 9.17) is 17.0 Å². The highest BCUT2D eigenvalue weighted by Gasteiger charge is 2.14. The molecule has 1 aromatic rings. The molecular formula is C15H20N4O2S. The fourth-order valence-corrected chi connectivity index (χ4v) is 2.21. The van der Waals surface area contributed by atoms with Gasteiger partial charge in [0.15, 0.2) is 5.11 Å².